The van der Waals surface area contributed by atoms with Crippen molar-refractivity contribution in [1.82, 2.24) is 9.47 Å². The van der Waals surface area contributed by atoms with Gasteiger partial charge in [0.15, 0.2) is 5.78 Å². The molecule has 1 aromatic rings. The summed E-state index contributed by atoms with van der Waals surface area (Å²) in [7, 11) is 1.91. The number of ketones is 1. The van der Waals surface area contributed by atoms with Crippen molar-refractivity contribution in [2.45, 2.75) is 33.7 Å². The Bertz CT molecular complexity index is 366. The van der Waals surface area contributed by atoms with E-state index in [0.29, 0.717) is 18.5 Å². The normalized spacial score (nSPS) is 11.8. The van der Waals surface area contributed by atoms with Gasteiger partial charge in [-0.1, -0.05) is 13.8 Å². The van der Waals surface area contributed by atoms with Crippen molar-refractivity contribution < 1.29 is 4.79 Å². The molecule has 1 rings (SSSR count). The lowest BCUT2D eigenvalue weighted by molar-refractivity contribution is 0.0884. The number of aromatic nitrogens is 1. The molecular formula is C14H24N2O. The van der Waals surface area contributed by atoms with Crippen molar-refractivity contribution in [2.75, 3.05) is 13.1 Å². The van der Waals surface area contributed by atoms with Crippen molar-refractivity contribution in [3.8, 4) is 0 Å². The largest absolute Gasteiger partial charge is 0.348 e. The van der Waals surface area contributed by atoms with Gasteiger partial charge in [0.1, 0.15) is 0 Å². The molecule has 0 saturated carbocycles. The topological polar surface area (TPSA) is 25.2 Å². The predicted octanol–water partition coefficient (Wildman–Crippen LogP) is 2.57. The van der Waals surface area contributed by atoms with Crippen LogP contribution in [0.3, 0.4) is 0 Å². The summed E-state index contributed by atoms with van der Waals surface area (Å²) in [6.45, 7) is 10.1. The Morgan fingerprint density at radius 1 is 1.35 bits per heavy atom. The summed E-state index contributed by atoms with van der Waals surface area (Å²) < 4.78 is 1.89. The number of carbonyl (C=O) groups excluding carboxylic acids is 1. The number of rotatable bonds is 6. The quantitative estimate of drug-likeness (QED) is 0.709. The minimum absolute atomic E-state index is 0.201. The van der Waals surface area contributed by atoms with Gasteiger partial charge < -0.3 is 4.57 Å². The molecule has 3 nitrogen and oxygen atoms in total. The zero-order valence-corrected chi connectivity index (χ0v) is 11.6. The van der Waals surface area contributed by atoms with Crippen LogP contribution in [0, 0.1) is 5.92 Å². The van der Waals surface area contributed by atoms with E-state index in [1.807, 2.05) is 29.9 Å². The van der Waals surface area contributed by atoms with Gasteiger partial charge in [-0.3, -0.25) is 9.69 Å². The van der Waals surface area contributed by atoms with Crippen molar-refractivity contribution in [3.05, 3.63) is 24.0 Å². The molecule has 0 saturated heterocycles. The molecule has 0 radical (unpaired) electrons. The van der Waals surface area contributed by atoms with Crippen molar-refractivity contribution >= 4 is 5.78 Å². The third-order valence-electron chi connectivity index (χ3n) is 2.91. The van der Waals surface area contributed by atoms with E-state index >= 15 is 0 Å². The van der Waals surface area contributed by atoms with Crippen LogP contribution < -0.4 is 0 Å². The van der Waals surface area contributed by atoms with Gasteiger partial charge in [0.05, 0.1) is 12.2 Å². The van der Waals surface area contributed by atoms with Crippen LogP contribution >= 0.6 is 0 Å². The minimum Gasteiger partial charge on any atom is -0.348 e. The molecule has 17 heavy (non-hydrogen) atoms. The van der Waals surface area contributed by atoms with Crippen molar-refractivity contribution in [1.29, 1.82) is 0 Å². The summed E-state index contributed by atoms with van der Waals surface area (Å²) in [5.74, 6) is 0.783. The lowest BCUT2D eigenvalue weighted by Crippen LogP contribution is -2.38. The second kappa shape index (κ2) is 6.01. The SMILES string of the molecule is CC(C)CN(CC(=O)c1cccn1C)C(C)C. The first-order valence-corrected chi connectivity index (χ1v) is 6.30. The third-order valence-corrected chi connectivity index (χ3v) is 2.91. The highest BCUT2D eigenvalue weighted by molar-refractivity contribution is 5.96. The first kappa shape index (κ1) is 14.0. The van der Waals surface area contributed by atoms with Crippen LogP contribution in [0.5, 0.6) is 0 Å². The second-order valence-electron chi connectivity index (χ2n) is 5.34. The van der Waals surface area contributed by atoms with E-state index in [1.54, 1.807) is 0 Å². The van der Waals surface area contributed by atoms with E-state index < -0.39 is 0 Å². The van der Waals surface area contributed by atoms with Gasteiger partial charge in [-0.15, -0.1) is 0 Å². The molecule has 1 aromatic heterocycles. The first-order valence-electron chi connectivity index (χ1n) is 6.30. The number of aryl methyl sites for hydroxylation is 1. The zero-order valence-electron chi connectivity index (χ0n) is 11.6. The van der Waals surface area contributed by atoms with Gasteiger partial charge in [-0.25, -0.2) is 0 Å². The average Bonchev–Trinajstić information content (AvgIpc) is 2.62. The van der Waals surface area contributed by atoms with Gasteiger partial charge >= 0.3 is 0 Å². The summed E-state index contributed by atoms with van der Waals surface area (Å²) in [6, 6.07) is 4.20. The van der Waals surface area contributed by atoms with Crippen molar-refractivity contribution in [2.24, 2.45) is 13.0 Å². The number of Topliss-reactive ketones (excluding diaryl/α,β-unsaturated/α-hetero) is 1. The molecule has 0 aromatic carbocycles. The van der Waals surface area contributed by atoms with Crippen molar-refractivity contribution in [3.63, 3.8) is 0 Å². The summed E-state index contributed by atoms with van der Waals surface area (Å²) >= 11 is 0. The molecule has 0 aliphatic heterocycles. The van der Waals surface area contributed by atoms with E-state index in [0.717, 1.165) is 12.2 Å². The molecule has 0 bridgehead atoms. The van der Waals surface area contributed by atoms with Crippen LogP contribution in [-0.2, 0) is 7.05 Å². The summed E-state index contributed by atoms with van der Waals surface area (Å²) in [6.07, 6.45) is 1.91. The molecule has 0 amide bonds. The highest BCUT2D eigenvalue weighted by Gasteiger charge is 2.17. The van der Waals surface area contributed by atoms with Crippen LogP contribution in [0.1, 0.15) is 38.2 Å². The molecule has 1 heterocycles. The van der Waals surface area contributed by atoms with E-state index in [2.05, 4.69) is 32.6 Å². The number of hydrogen-bond donors (Lipinski definition) is 0. The third kappa shape index (κ3) is 4.00. The van der Waals surface area contributed by atoms with Gasteiger partial charge in [-0.05, 0) is 31.9 Å². The maximum absolute atomic E-state index is 12.2. The summed E-state index contributed by atoms with van der Waals surface area (Å²) in [5, 5.41) is 0. The number of carbonyl (C=O) groups is 1. The molecule has 0 N–H and O–H groups in total. The maximum Gasteiger partial charge on any atom is 0.193 e. The Hall–Kier alpha value is -1.09. The fourth-order valence-corrected chi connectivity index (χ4v) is 1.94. The molecule has 96 valence electrons. The lowest BCUT2D eigenvalue weighted by atomic mass is 10.1. The summed E-state index contributed by atoms with van der Waals surface area (Å²) in [5.41, 5.74) is 0.791. The standard InChI is InChI=1S/C14H24N2O/c1-11(2)9-16(12(3)4)10-14(17)13-7-6-8-15(13)5/h6-8,11-12H,9-10H2,1-5H3. The predicted molar refractivity (Wildman–Crippen MR) is 71.3 cm³/mol. The molecule has 3 heteroatoms. The maximum atomic E-state index is 12.2. The van der Waals surface area contributed by atoms with Crippen LogP contribution in [0.25, 0.3) is 0 Å². The number of hydrogen-bond acceptors (Lipinski definition) is 2. The molecule has 0 atom stereocenters. The lowest BCUT2D eigenvalue weighted by Gasteiger charge is -2.27. The average molecular weight is 236 g/mol. The van der Waals surface area contributed by atoms with E-state index in [4.69, 9.17) is 0 Å². The van der Waals surface area contributed by atoms with Crippen LogP contribution in [-0.4, -0.2) is 34.4 Å². The Kier molecular flexibility index (Phi) is 4.94. The van der Waals surface area contributed by atoms with E-state index in [1.165, 1.54) is 0 Å². The monoisotopic (exact) mass is 236 g/mol. The van der Waals surface area contributed by atoms with Gasteiger partial charge in [0.2, 0.25) is 0 Å². The van der Waals surface area contributed by atoms with E-state index in [9.17, 15) is 4.79 Å². The Morgan fingerprint density at radius 3 is 2.41 bits per heavy atom. The Labute approximate surface area is 104 Å². The molecule has 0 aliphatic rings. The highest BCUT2D eigenvalue weighted by Crippen LogP contribution is 2.08. The highest BCUT2D eigenvalue weighted by atomic mass is 16.1. The van der Waals surface area contributed by atoms with Crippen LogP contribution in [0.2, 0.25) is 0 Å². The molecular weight excluding hydrogens is 212 g/mol. The van der Waals surface area contributed by atoms with E-state index in [-0.39, 0.29) is 5.78 Å². The van der Waals surface area contributed by atoms with Crippen LogP contribution in [0.4, 0.5) is 0 Å². The fraction of sp³-hybridized carbons (Fsp3) is 0.643. The molecule has 0 aliphatic carbocycles. The molecule has 0 spiro atoms. The zero-order chi connectivity index (χ0) is 13.0. The molecule has 0 unspecified atom stereocenters. The number of nitrogens with zero attached hydrogens (tertiary/aromatic N) is 2. The summed E-state index contributed by atoms with van der Waals surface area (Å²) in [4.78, 5) is 14.4. The Morgan fingerprint density at radius 2 is 2.00 bits per heavy atom. The van der Waals surface area contributed by atoms with Gasteiger partial charge in [-0.2, -0.15) is 0 Å². The smallest absolute Gasteiger partial charge is 0.193 e. The molecule has 0 fully saturated rings. The Balaban J connectivity index is 2.68. The minimum atomic E-state index is 0.201. The van der Waals surface area contributed by atoms with Crippen LogP contribution in [0.15, 0.2) is 18.3 Å². The first-order chi connectivity index (χ1) is 7.91. The fourth-order valence-electron chi connectivity index (χ4n) is 1.94. The second-order valence-corrected chi connectivity index (χ2v) is 5.34. The van der Waals surface area contributed by atoms with Gasteiger partial charge in [0, 0.05) is 25.8 Å². The van der Waals surface area contributed by atoms with Gasteiger partial charge in [0.25, 0.3) is 0 Å².